The number of rotatable bonds is 15. The molecule has 0 aromatic rings. The van der Waals surface area contributed by atoms with Gasteiger partial charge in [-0.05, 0) is 19.3 Å². The first-order chi connectivity index (χ1) is 11.7. The van der Waals surface area contributed by atoms with Gasteiger partial charge in [0.25, 0.3) is 0 Å². The van der Waals surface area contributed by atoms with E-state index in [1.807, 2.05) is 0 Å². The molecular weight excluding hydrogens is 302 g/mol. The van der Waals surface area contributed by atoms with Crippen LogP contribution in [0.1, 0.15) is 96.8 Å². The van der Waals surface area contributed by atoms with E-state index in [0.717, 1.165) is 32.1 Å². The van der Waals surface area contributed by atoms with Crippen molar-refractivity contribution < 1.29 is 14.3 Å². The molecule has 24 heavy (non-hydrogen) atoms. The third kappa shape index (κ3) is 10.7. The lowest BCUT2D eigenvalue weighted by Gasteiger charge is -2.23. The molecule has 0 atom stereocenters. The minimum absolute atomic E-state index is 0.00731. The highest BCUT2D eigenvalue weighted by molar-refractivity contribution is 5.83. The van der Waals surface area contributed by atoms with Crippen molar-refractivity contribution in [3.05, 3.63) is 0 Å². The van der Waals surface area contributed by atoms with Gasteiger partial charge >= 0.3 is 5.97 Å². The van der Waals surface area contributed by atoms with Crippen LogP contribution in [0.5, 0.6) is 0 Å². The Balaban J connectivity index is 1.77. The van der Waals surface area contributed by atoms with Crippen molar-refractivity contribution in [3.8, 4) is 0 Å². The Bertz CT molecular complexity index is 340. The van der Waals surface area contributed by atoms with Gasteiger partial charge in [-0.15, -0.1) is 0 Å². The molecule has 1 N–H and O–H groups in total. The summed E-state index contributed by atoms with van der Waals surface area (Å²) < 4.78 is 5.15. The van der Waals surface area contributed by atoms with Gasteiger partial charge in [-0.25, -0.2) is 0 Å². The van der Waals surface area contributed by atoms with Gasteiger partial charge in [0.2, 0.25) is 5.91 Å². The van der Waals surface area contributed by atoms with E-state index in [4.69, 9.17) is 4.74 Å². The fourth-order valence-corrected chi connectivity index (χ4v) is 2.98. The van der Waals surface area contributed by atoms with Crippen LogP contribution in [-0.2, 0) is 14.3 Å². The van der Waals surface area contributed by atoms with E-state index >= 15 is 0 Å². The molecule has 0 heterocycles. The summed E-state index contributed by atoms with van der Waals surface area (Å²) in [6.45, 7) is 2.76. The minimum Gasteiger partial charge on any atom is -0.464 e. The minimum atomic E-state index is -0.310. The monoisotopic (exact) mass is 339 g/mol. The van der Waals surface area contributed by atoms with Crippen molar-refractivity contribution in [3.63, 3.8) is 0 Å². The van der Waals surface area contributed by atoms with Crippen molar-refractivity contribution in [2.24, 2.45) is 5.92 Å². The fraction of sp³-hybridized carbons (Fsp3) is 0.900. The van der Waals surface area contributed by atoms with Crippen molar-refractivity contribution in [2.45, 2.75) is 96.8 Å². The number of unbranched alkanes of at least 4 members (excludes halogenated alkanes) is 10. The Kier molecular flexibility index (Phi) is 12.5. The maximum atomic E-state index is 11.6. The summed E-state index contributed by atoms with van der Waals surface area (Å²) in [5.74, 6) is -0.174. The molecule has 0 spiro atoms. The Morgan fingerprint density at radius 2 is 1.42 bits per heavy atom. The predicted octanol–water partition coefficient (Wildman–Crippen LogP) is 4.76. The Morgan fingerprint density at radius 3 is 1.92 bits per heavy atom. The van der Waals surface area contributed by atoms with Crippen LogP contribution in [0.2, 0.25) is 0 Å². The first kappa shape index (κ1) is 21.0. The van der Waals surface area contributed by atoms with E-state index in [9.17, 15) is 9.59 Å². The lowest BCUT2D eigenvalue weighted by atomic mass is 9.85. The van der Waals surface area contributed by atoms with Crippen LogP contribution in [0, 0.1) is 5.92 Å². The number of nitrogens with one attached hydrogen (secondary N) is 1. The summed E-state index contributed by atoms with van der Waals surface area (Å²) in [6.07, 6.45) is 17.2. The number of carbonyl (C=O) groups is 2. The SMILES string of the molecule is CCCCCCCCCCCCCOC(=O)CNC(=O)C1CCC1. The third-order valence-electron chi connectivity index (χ3n) is 4.89. The van der Waals surface area contributed by atoms with E-state index in [1.165, 1.54) is 57.8 Å². The van der Waals surface area contributed by atoms with Gasteiger partial charge in [-0.2, -0.15) is 0 Å². The molecule has 1 saturated carbocycles. The molecule has 1 aliphatic carbocycles. The fourth-order valence-electron chi connectivity index (χ4n) is 2.98. The summed E-state index contributed by atoms with van der Waals surface area (Å²) in [6, 6.07) is 0. The molecule has 0 aromatic heterocycles. The second kappa shape index (κ2) is 14.3. The van der Waals surface area contributed by atoms with Gasteiger partial charge in [0, 0.05) is 5.92 Å². The number of hydrogen-bond donors (Lipinski definition) is 1. The average molecular weight is 340 g/mol. The van der Waals surface area contributed by atoms with Crippen LogP contribution in [-0.4, -0.2) is 25.0 Å². The van der Waals surface area contributed by atoms with Gasteiger partial charge in [-0.1, -0.05) is 77.6 Å². The number of esters is 1. The highest BCUT2D eigenvalue weighted by Gasteiger charge is 2.25. The van der Waals surface area contributed by atoms with E-state index in [-0.39, 0.29) is 24.3 Å². The number of carbonyl (C=O) groups excluding carboxylic acids is 2. The summed E-state index contributed by atoms with van der Waals surface area (Å²) in [7, 11) is 0. The summed E-state index contributed by atoms with van der Waals surface area (Å²) in [5, 5.41) is 2.66. The topological polar surface area (TPSA) is 55.4 Å². The lowest BCUT2D eigenvalue weighted by molar-refractivity contribution is -0.144. The molecule has 0 saturated heterocycles. The second-order valence-corrected chi connectivity index (χ2v) is 7.10. The molecule has 1 amide bonds. The molecule has 1 rings (SSSR count). The van der Waals surface area contributed by atoms with Crippen LogP contribution in [0.3, 0.4) is 0 Å². The van der Waals surface area contributed by atoms with Crippen molar-refractivity contribution in [2.75, 3.05) is 13.2 Å². The average Bonchev–Trinajstić information content (AvgIpc) is 2.52. The maximum absolute atomic E-state index is 11.6. The zero-order chi connectivity index (χ0) is 17.5. The highest BCUT2D eigenvalue weighted by Crippen LogP contribution is 2.25. The Morgan fingerprint density at radius 1 is 0.875 bits per heavy atom. The molecule has 0 unspecified atom stereocenters. The van der Waals surface area contributed by atoms with E-state index in [1.54, 1.807) is 0 Å². The highest BCUT2D eigenvalue weighted by atomic mass is 16.5. The smallest absolute Gasteiger partial charge is 0.325 e. The van der Waals surface area contributed by atoms with Crippen LogP contribution >= 0.6 is 0 Å². The molecule has 0 radical (unpaired) electrons. The van der Waals surface area contributed by atoms with E-state index < -0.39 is 0 Å². The summed E-state index contributed by atoms with van der Waals surface area (Å²) in [5.41, 5.74) is 0. The molecule has 4 heteroatoms. The largest absolute Gasteiger partial charge is 0.464 e. The number of amides is 1. The molecule has 0 aliphatic heterocycles. The van der Waals surface area contributed by atoms with E-state index in [0.29, 0.717) is 6.61 Å². The molecule has 1 aliphatic rings. The van der Waals surface area contributed by atoms with Crippen molar-refractivity contribution in [1.82, 2.24) is 5.32 Å². The molecule has 4 nitrogen and oxygen atoms in total. The Labute approximate surface area is 148 Å². The molecular formula is C20H37NO3. The first-order valence-electron chi connectivity index (χ1n) is 10.2. The van der Waals surface area contributed by atoms with Gasteiger partial charge in [0.05, 0.1) is 6.61 Å². The quantitative estimate of drug-likeness (QED) is 0.346. The van der Waals surface area contributed by atoms with E-state index in [2.05, 4.69) is 12.2 Å². The third-order valence-corrected chi connectivity index (χ3v) is 4.89. The standard InChI is InChI=1S/C20H37NO3/c1-2-3-4-5-6-7-8-9-10-11-12-16-24-19(22)17-21-20(23)18-14-13-15-18/h18H,2-17H2,1H3,(H,21,23). The molecule has 1 fully saturated rings. The van der Waals surface area contributed by atoms with Crippen molar-refractivity contribution in [1.29, 1.82) is 0 Å². The molecule has 140 valence electrons. The second-order valence-electron chi connectivity index (χ2n) is 7.10. The lowest BCUT2D eigenvalue weighted by Crippen LogP contribution is -2.37. The zero-order valence-electron chi connectivity index (χ0n) is 15.6. The maximum Gasteiger partial charge on any atom is 0.325 e. The van der Waals surface area contributed by atoms with Gasteiger partial charge in [-0.3, -0.25) is 9.59 Å². The normalized spacial score (nSPS) is 14.2. The summed E-state index contributed by atoms with van der Waals surface area (Å²) in [4.78, 5) is 23.1. The Hall–Kier alpha value is -1.06. The van der Waals surface area contributed by atoms with Crippen molar-refractivity contribution >= 4 is 11.9 Å². The van der Waals surface area contributed by atoms with Gasteiger partial charge in [0.1, 0.15) is 6.54 Å². The predicted molar refractivity (Wildman–Crippen MR) is 97.8 cm³/mol. The molecule has 0 bridgehead atoms. The van der Waals surface area contributed by atoms with Crippen LogP contribution in [0.4, 0.5) is 0 Å². The van der Waals surface area contributed by atoms with Crippen LogP contribution < -0.4 is 5.32 Å². The summed E-state index contributed by atoms with van der Waals surface area (Å²) >= 11 is 0. The zero-order valence-corrected chi connectivity index (χ0v) is 15.6. The first-order valence-corrected chi connectivity index (χ1v) is 10.2. The number of ether oxygens (including phenoxy) is 1. The van der Waals surface area contributed by atoms with Crippen LogP contribution in [0.15, 0.2) is 0 Å². The van der Waals surface area contributed by atoms with Gasteiger partial charge in [0.15, 0.2) is 0 Å². The van der Waals surface area contributed by atoms with Gasteiger partial charge < -0.3 is 10.1 Å². The number of hydrogen-bond acceptors (Lipinski definition) is 3. The molecule has 0 aromatic carbocycles. The van der Waals surface area contributed by atoms with Crippen LogP contribution in [0.25, 0.3) is 0 Å².